The lowest BCUT2D eigenvalue weighted by Crippen LogP contribution is -2.13. The molecule has 0 amide bonds. The van der Waals surface area contributed by atoms with Crippen LogP contribution in [0.1, 0.15) is 10.4 Å². The molecule has 3 aromatic rings. The highest BCUT2D eigenvalue weighted by atomic mass is 16.4. The van der Waals surface area contributed by atoms with Crippen molar-refractivity contribution < 1.29 is 14.7 Å². The van der Waals surface area contributed by atoms with Gasteiger partial charge < -0.3 is 5.11 Å². The summed E-state index contributed by atoms with van der Waals surface area (Å²) < 4.78 is 0. The highest BCUT2D eigenvalue weighted by molar-refractivity contribution is 6.42. The molecule has 3 rings (SSSR count). The maximum absolute atomic E-state index is 11.7. The normalized spacial score (nSPS) is 10.7. The number of fused-ring (bicyclic) bond motifs is 2. The number of benzene rings is 2. The van der Waals surface area contributed by atoms with Crippen molar-refractivity contribution >= 4 is 33.6 Å². The van der Waals surface area contributed by atoms with Gasteiger partial charge in [0.25, 0.3) is 5.78 Å². The van der Waals surface area contributed by atoms with E-state index in [1.807, 2.05) is 24.3 Å². The smallest absolute Gasteiger partial charge is 0.377 e. The van der Waals surface area contributed by atoms with E-state index in [0.717, 1.165) is 10.9 Å². The van der Waals surface area contributed by atoms with Gasteiger partial charge in [0, 0.05) is 16.3 Å². The van der Waals surface area contributed by atoms with E-state index in [-0.39, 0.29) is 5.56 Å². The van der Waals surface area contributed by atoms with Crippen LogP contribution in [-0.4, -0.2) is 21.8 Å². The molecule has 19 heavy (non-hydrogen) atoms. The highest BCUT2D eigenvalue weighted by Crippen LogP contribution is 2.23. The zero-order valence-corrected chi connectivity index (χ0v) is 9.83. The van der Waals surface area contributed by atoms with Crippen molar-refractivity contribution in [2.75, 3.05) is 0 Å². The number of nitrogens with zero attached hydrogens (tertiary/aromatic N) is 1. The van der Waals surface area contributed by atoms with Crippen molar-refractivity contribution in [1.82, 2.24) is 4.98 Å². The third-order valence-electron chi connectivity index (χ3n) is 3.00. The summed E-state index contributed by atoms with van der Waals surface area (Å²) in [5.74, 6) is -2.37. The summed E-state index contributed by atoms with van der Waals surface area (Å²) in [6.07, 6.45) is 0. The van der Waals surface area contributed by atoms with Crippen molar-refractivity contribution in [3.8, 4) is 0 Å². The van der Waals surface area contributed by atoms with Gasteiger partial charge in [0.2, 0.25) is 0 Å². The summed E-state index contributed by atoms with van der Waals surface area (Å²) in [6, 6.07) is 14.2. The van der Waals surface area contributed by atoms with Gasteiger partial charge in [-0.2, -0.15) is 0 Å². The molecule has 0 bridgehead atoms. The number of rotatable bonds is 2. The number of para-hydroxylation sites is 1. The largest absolute Gasteiger partial charge is 0.475 e. The molecule has 1 aromatic heterocycles. The predicted octanol–water partition coefficient (Wildman–Crippen LogP) is 2.66. The van der Waals surface area contributed by atoms with Crippen molar-refractivity contribution in [3.63, 3.8) is 0 Å². The monoisotopic (exact) mass is 251 g/mol. The molecular weight excluding hydrogens is 242 g/mol. The molecule has 0 radical (unpaired) electrons. The number of aliphatic carboxylic acids is 1. The van der Waals surface area contributed by atoms with Gasteiger partial charge in [-0.1, -0.05) is 30.3 Å². The van der Waals surface area contributed by atoms with Crippen molar-refractivity contribution in [1.29, 1.82) is 0 Å². The van der Waals surface area contributed by atoms with E-state index in [2.05, 4.69) is 4.98 Å². The van der Waals surface area contributed by atoms with Gasteiger partial charge in [-0.3, -0.25) is 4.79 Å². The van der Waals surface area contributed by atoms with Crippen LogP contribution in [-0.2, 0) is 4.79 Å². The third-order valence-corrected chi connectivity index (χ3v) is 3.00. The Kier molecular flexibility index (Phi) is 2.49. The van der Waals surface area contributed by atoms with E-state index >= 15 is 0 Å². The molecular formula is C15H9NO3. The second-order valence-electron chi connectivity index (χ2n) is 4.19. The first-order valence-electron chi connectivity index (χ1n) is 5.73. The van der Waals surface area contributed by atoms with E-state index in [4.69, 9.17) is 5.11 Å². The van der Waals surface area contributed by atoms with Gasteiger partial charge in [-0.05, 0) is 18.2 Å². The van der Waals surface area contributed by atoms with Gasteiger partial charge >= 0.3 is 5.97 Å². The van der Waals surface area contributed by atoms with Crippen LogP contribution in [0, 0.1) is 0 Å². The Labute approximate surface area is 108 Å². The first-order valence-corrected chi connectivity index (χ1v) is 5.73. The predicted molar refractivity (Wildman–Crippen MR) is 71.2 cm³/mol. The molecule has 0 fully saturated rings. The summed E-state index contributed by atoms with van der Waals surface area (Å²) in [7, 11) is 0. The Balaban J connectivity index is 2.38. The summed E-state index contributed by atoms with van der Waals surface area (Å²) in [5, 5.41) is 10.3. The summed E-state index contributed by atoms with van der Waals surface area (Å²) in [5.41, 5.74) is 1.60. The summed E-state index contributed by atoms with van der Waals surface area (Å²) in [6.45, 7) is 0. The minimum Gasteiger partial charge on any atom is -0.475 e. The zero-order valence-electron chi connectivity index (χ0n) is 9.83. The summed E-state index contributed by atoms with van der Waals surface area (Å²) in [4.78, 5) is 26.9. The van der Waals surface area contributed by atoms with E-state index in [1.54, 1.807) is 18.2 Å². The highest BCUT2D eigenvalue weighted by Gasteiger charge is 2.17. The molecule has 0 aliphatic carbocycles. The Morgan fingerprint density at radius 3 is 2.47 bits per heavy atom. The molecule has 0 aliphatic heterocycles. The van der Waals surface area contributed by atoms with Gasteiger partial charge in [0.1, 0.15) is 0 Å². The number of carbonyl (C=O) groups is 2. The standard InChI is InChI=1S/C15H9NO3/c17-14(15(18)19)10-5-3-7-13-11(10)8-9-4-1-2-6-12(9)16-13/h1-8H,(H,18,19). The number of pyridine rings is 1. The Bertz CT molecular complexity index is 824. The second-order valence-corrected chi connectivity index (χ2v) is 4.19. The lowest BCUT2D eigenvalue weighted by atomic mass is 10.0. The Morgan fingerprint density at radius 2 is 1.68 bits per heavy atom. The SMILES string of the molecule is O=C(O)C(=O)c1cccc2nc3ccccc3cc12. The molecule has 4 nitrogen and oxygen atoms in total. The molecule has 4 heteroatoms. The van der Waals surface area contributed by atoms with Gasteiger partial charge in [0.15, 0.2) is 0 Å². The van der Waals surface area contributed by atoms with Crippen LogP contribution in [0.25, 0.3) is 21.8 Å². The fourth-order valence-corrected chi connectivity index (χ4v) is 2.11. The summed E-state index contributed by atoms with van der Waals surface area (Å²) >= 11 is 0. The molecule has 0 atom stereocenters. The molecule has 0 spiro atoms. The first-order chi connectivity index (χ1) is 9.16. The quantitative estimate of drug-likeness (QED) is 0.432. The van der Waals surface area contributed by atoms with Crippen LogP contribution in [0.15, 0.2) is 48.5 Å². The van der Waals surface area contributed by atoms with Crippen LogP contribution >= 0.6 is 0 Å². The second kappa shape index (κ2) is 4.17. The Morgan fingerprint density at radius 1 is 0.947 bits per heavy atom. The van der Waals surface area contributed by atoms with Crippen molar-refractivity contribution in [2.45, 2.75) is 0 Å². The lowest BCUT2D eigenvalue weighted by Gasteiger charge is -2.05. The first kappa shape index (κ1) is 11.3. The lowest BCUT2D eigenvalue weighted by molar-refractivity contribution is -0.131. The molecule has 1 N–H and O–H groups in total. The molecule has 0 aliphatic rings. The number of carbonyl (C=O) groups excluding carboxylic acids is 1. The molecule has 92 valence electrons. The van der Waals surface area contributed by atoms with Gasteiger partial charge in [0.05, 0.1) is 11.0 Å². The van der Waals surface area contributed by atoms with Crippen LogP contribution in [0.4, 0.5) is 0 Å². The number of hydrogen-bond donors (Lipinski definition) is 1. The van der Waals surface area contributed by atoms with Crippen LogP contribution in [0.3, 0.4) is 0 Å². The van der Waals surface area contributed by atoms with Crippen LogP contribution in [0.2, 0.25) is 0 Å². The molecule has 0 unspecified atom stereocenters. The van der Waals surface area contributed by atoms with Gasteiger partial charge in [-0.15, -0.1) is 0 Å². The van der Waals surface area contributed by atoms with Crippen molar-refractivity contribution in [2.24, 2.45) is 0 Å². The maximum atomic E-state index is 11.7. The van der Waals surface area contributed by atoms with Crippen LogP contribution < -0.4 is 0 Å². The minimum absolute atomic E-state index is 0.170. The van der Waals surface area contributed by atoms with Crippen LogP contribution in [0.5, 0.6) is 0 Å². The minimum atomic E-state index is -1.46. The fourth-order valence-electron chi connectivity index (χ4n) is 2.11. The van der Waals surface area contributed by atoms with E-state index in [9.17, 15) is 9.59 Å². The Hall–Kier alpha value is -2.75. The topological polar surface area (TPSA) is 67.3 Å². The number of carboxylic acid groups (broad SMARTS) is 1. The molecule has 0 saturated heterocycles. The number of hydrogen-bond acceptors (Lipinski definition) is 3. The van der Waals surface area contributed by atoms with Crippen molar-refractivity contribution in [3.05, 3.63) is 54.1 Å². The number of aromatic nitrogens is 1. The molecule has 2 aromatic carbocycles. The number of Topliss-reactive ketones (excluding diaryl/α,β-unsaturated/α-hetero) is 1. The average Bonchev–Trinajstić information content (AvgIpc) is 2.43. The van der Waals surface area contributed by atoms with E-state index in [1.165, 1.54) is 6.07 Å². The maximum Gasteiger partial charge on any atom is 0.377 e. The van der Waals surface area contributed by atoms with E-state index in [0.29, 0.717) is 10.9 Å². The molecule has 1 heterocycles. The van der Waals surface area contributed by atoms with E-state index < -0.39 is 11.8 Å². The number of ketones is 1. The zero-order chi connectivity index (χ0) is 13.4. The third kappa shape index (κ3) is 1.83. The van der Waals surface area contributed by atoms with Gasteiger partial charge in [-0.25, -0.2) is 9.78 Å². The average molecular weight is 251 g/mol. The number of carboxylic acids is 1. The fraction of sp³-hybridized carbons (Fsp3) is 0. The molecule has 0 saturated carbocycles.